The lowest BCUT2D eigenvalue weighted by Crippen LogP contribution is -2.22. The summed E-state index contributed by atoms with van der Waals surface area (Å²) in [6.07, 6.45) is 2.22. The molecule has 1 fully saturated rings. The van der Waals surface area contributed by atoms with Crippen molar-refractivity contribution >= 4 is 5.78 Å². The number of aryl methyl sites for hydroxylation is 1. The van der Waals surface area contributed by atoms with Crippen LogP contribution in [0, 0.1) is 6.92 Å². The van der Waals surface area contributed by atoms with Crippen molar-refractivity contribution in [2.75, 3.05) is 13.9 Å². The third-order valence-electron chi connectivity index (χ3n) is 6.26. The van der Waals surface area contributed by atoms with Gasteiger partial charge < -0.3 is 14.2 Å². The molecule has 0 amide bonds. The molecule has 1 heterocycles. The molecule has 0 spiro atoms. The topological polar surface area (TPSA) is 44.8 Å². The number of Topliss-reactive ketones (excluding diaryl/α,β-unsaturated/α-hetero) is 1. The molecule has 2 aliphatic rings. The van der Waals surface area contributed by atoms with Gasteiger partial charge in [0.15, 0.2) is 11.5 Å². The second kappa shape index (κ2) is 7.21. The summed E-state index contributed by atoms with van der Waals surface area (Å²) in [7, 11) is 1.69. The normalized spacial score (nSPS) is 15.7. The first-order valence-corrected chi connectivity index (χ1v) is 10.3. The van der Waals surface area contributed by atoms with Crippen LogP contribution in [0.5, 0.6) is 17.2 Å². The number of para-hydroxylation sites is 1. The van der Waals surface area contributed by atoms with Crippen molar-refractivity contribution in [1.29, 1.82) is 0 Å². The average Bonchev–Trinajstić information content (AvgIpc) is 3.45. The first-order valence-electron chi connectivity index (χ1n) is 10.3. The molecule has 4 heteroatoms. The lowest BCUT2D eigenvalue weighted by atomic mass is 9.87. The van der Waals surface area contributed by atoms with Crippen molar-refractivity contribution in [3.63, 3.8) is 0 Å². The lowest BCUT2D eigenvalue weighted by Gasteiger charge is -2.16. The molecule has 0 saturated heterocycles. The monoisotopic (exact) mass is 400 g/mol. The van der Waals surface area contributed by atoms with Gasteiger partial charge in [-0.15, -0.1) is 0 Å². The Hall–Kier alpha value is -3.27. The molecule has 0 bridgehead atoms. The minimum atomic E-state index is -0.379. The molecule has 5 rings (SSSR count). The zero-order valence-electron chi connectivity index (χ0n) is 17.2. The molecule has 3 aromatic carbocycles. The molecule has 0 aromatic heterocycles. The standard InChI is InChI=1S/C26H24O4/c1-17-13-18(7-9-20(17)21-5-3-4-6-22(21)28-2)14-25(27)26(11-12-26)19-8-10-23-24(15-19)30-16-29-23/h3-10,13,15H,11-12,14,16H2,1-2H3. The number of benzene rings is 3. The minimum absolute atomic E-state index is 0.248. The van der Waals surface area contributed by atoms with Gasteiger partial charge in [0.05, 0.1) is 12.5 Å². The highest BCUT2D eigenvalue weighted by Crippen LogP contribution is 2.51. The van der Waals surface area contributed by atoms with Crippen molar-refractivity contribution in [3.8, 4) is 28.4 Å². The summed E-state index contributed by atoms with van der Waals surface area (Å²) in [6.45, 7) is 2.33. The molecule has 0 radical (unpaired) electrons. The number of carbonyl (C=O) groups excluding carboxylic acids is 1. The van der Waals surface area contributed by atoms with Crippen LogP contribution in [0.15, 0.2) is 60.7 Å². The first kappa shape index (κ1) is 18.7. The third-order valence-corrected chi connectivity index (χ3v) is 6.26. The van der Waals surface area contributed by atoms with Gasteiger partial charge in [0, 0.05) is 12.0 Å². The van der Waals surface area contributed by atoms with Crippen LogP contribution < -0.4 is 14.2 Å². The number of ether oxygens (including phenoxy) is 3. The van der Waals surface area contributed by atoms with Gasteiger partial charge in [-0.25, -0.2) is 0 Å². The second-order valence-corrected chi connectivity index (χ2v) is 8.10. The van der Waals surface area contributed by atoms with E-state index in [0.717, 1.165) is 57.9 Å². The Labute approximate surface area is 176 Å². The Bertz CT molecular complexity index is 1130. The highest BCUT2D eigenvalue weighted by Gasteiger charge is 2.50. The van der Waals surface area contributed by atoms with Gasteiger partial charge in [-0.2, -0.15) is 0 Å². The molecule has 4 nitrogen and oxygen atoms in total. The summed E-state index contributed by atoms with van der Waals surface area (Å²) >= 11 is 0. The van der Waals surface area contributed by atoms with Crippen LogP contribution in [-0.4, -0.2) is 19.7 Å². The summed E-state index contributed by atoms with van der Waals surface area (Å²) in [6, 6.07) is 20.2. The fourth-order valence-electron chi connectivity index (χ4n) is 4.41. The van der Waals surface area contributed by atoms with Crippen molar-refractivity contribution in [1.82, 2.24) is 0 Å². The van der Waals surface area contributed by atoms with Gasteiger partial charge in [-0.1, -0.05) is 42.5 Å². The number of fused-ring (bicyclic) bond motifs is 1. The largest absolute Gasteiger partial charge is 0.496 e. The third kappa shape index (κ3) is 3.13. The molecule has 3 aromatic rings. The summed E-state index contributed by atoms with van der Waals surface area (Å²) in [5.41, 5.74) is 5.03. The number of ketones is 1. The van der Waals surface area contributed by atoms with Gasteiger partial charge in [0.2, 0.25) is 6.79 Å². The Morgan fingerprint density at radius 2 is 1.77 bits per heavy atom. The first-order chi connectivity index (χ1) is 14.6. The number of hydrogen-bond donors (Lipinski definition) is 0. The maximum atomic E-state index is 13.3. The number of carbonyl (C=O) groups is 1. The van der Waals surface area contributed by atoms with Crippen LogP contribution >= 0.6 is 0 Å². The van der Waals surface area contributed by atoms with E-state index in [9.17, 15) is 4.79 Å². The van der Waals surface area contributed by atoms with E-state index in [-0.39, 0.29) is 18.0 Å². The van der Waals surface area contributed by atoms with Crippen LogP contribution in [-0.2, 0) is 16.6 Å². The SMILES string of the molecule is COc1ccccc1-c1ccc(CC(=O)C2(c3ccc4c(c3)OCO4)CC2)cc1C. The van der Waals surface area contributed by atoms with Crippen LogP contribution in [0.2, 0.25) is 0 Å². The van der Waals surface area contributed by atoms with Gasteiger partial charge in [0.25, 0.3) is 0 Å². The molecule has 152 valence electrons. The van der Waals surface area contributed by atoms with Gasteiger partial charge >= 0.3 is 0 Å². The zero-order valence-corrected chi connectivity index (χ0v) is 17.2. The zero-order chi connectivity index (χ0) is 20.7. The van der Waals surface area contributed by atoms with Gasteiger partial charge in [-0.05, 0) is 60.2 Å². The molecule has 0 N–H and O–H groups in total. The average molecular weight is 400 g/mol. The maximum Gasteiger partial charge on any atom is 0.231 e. The van der Waals surface area contributed by atoms with Crippen LogP contribution in [0.25, 0.3) is 11.1 Å². The van der Waals surface area contributed by atoms with Crippen LogP contribution in [0.4, 0.5) is 0 Å². The maximum absolute atomic E-state index is 13.3. The Kier molecular flexibility index (Phi) is 4.50. The summed E-state index contributed by atoms with van der Waals surface area (Å²) in [4.78, 5) is 13.3. The quantitative estimate of drug-likeness (QED) is 0.567. The number of hydrogen-bond acceptors (Lipinski definition) is 4. The van der Waals surface area contributed by atoms with Crippen LogP contribution in [0.1, 0.15) is 29.5 Å². The minimum Gasteiger partial charge on any atom is -0.496 e. The summed E-state index contributed by atoms with van der Waals surface area (Å²) < 4.78 is 16.4. The van der Waals surface area contributed by atoms with E-state index in [0.29, 0.717) is 6.42 Å². The predicted octanol–water partition coefficient (Wildman–Crippen LogP) is 5.24. The van der Waals surface area contributed by atoms with Gasteiger partial charge in [-0.3, -0.25) is 4.79 Å². The summed E-state index contributed by atoms with van der Waals surface area (Å²) in [5.74, 6) is 2.61. The summed E-state index contributed by atoms with van der Waals surface area (Å²) in [5, 5.41) is 0. The van der Waals surface area contributed by atoms with E-state index in [1.807, 2.05) is 36.4 Å². The van der Waals surface area contributed by atoms with E-state index in [4.69, 9.17) is 14.2 Å². The van der Waals surface area contributed by atoms with Crippen molar-refractivity contribution < 1.29 is 19.0 Å². The molecule has 30 heavy (non-hydrogen) atoms. The Morgan fingerprint density at radius 1 is 0.967 bits per heavy atom. The molecule has 1 aliphatic heterocycles. The molecule has 1 aliphatic carbocycles. The van der Waals surface area contributed by atoms with Crippen molar-refractivity contribution in [2.45, 2.75) is 31.6 Å². The van der Waals surface area contributed by atoms with E-state index in [2.05, 4.69) is 31.2 Å². The van der Waals surface area contributed by atoms with Crippen molar-refractivity contribution in [3.05, 3.63) is 77.4 Å². The van der Waals surface area contributed by atoms with E-state index in [1.165, 1.54) is 0 Å². The molecule has 1 saturated carbocycles. The van der Waals surface area contributed by atoms with Crippen LogP contribution in [0.3, 0.4) is 0 Å². The lowest BCUT2D eigenvalue weighted by molar-refractivity contribution is -0.120. The van der Waals surface area contributed by atoms with E-state index in [1.54, 1.807) is 7.11 Å². The molecule has 0 unspecified atom stereocenters. The molecular weight excluding hydrogens is 376 g/mol. The fraction of sp³-hybridized carbons (Fsp3) is 0.269. The predicted molar refractivity (Wildman–Crippen MR) is 115 cm³/mol. The van der Waals surface area contributed by atoms with Gasteiger partial charge in [0.1, 0.15) is 11.5 Å². The molecule has 0 atom stereocenters. The highest BCUT2D eigenvalue weighted by atomic mass is 16.7. The number of rotatable bonds is 6. The fourth-order valence-corrected chi connectivity index (χ4v) is 4.41. The van der Waals surface area contributed by atoms with E-state index >= 15 is 0 Å². The Morgan fingerprint density at radius 3 is 2.53 bits per heavy atom. The molecular formula is C26H24O4. The second-order valence-electron chi connectivity index (χ2n) is 8.10. The Balaban J connectivity index is 1.38. The van der Waals surface area contributed by atoms with Crippen molar-refractivity contribution in [2.24, 2.45) is 0 Å². The smallest absolute Gasteiger partial charge is 0.231 e. The highest BCUT2D eigenvalue weighted by molar-refractivity contribution is 5.95. The van der Waals surface area contributed by atoms with E-state index < -0.39 is 0 Å². The number of methoxy groups -OCH3 is 1.